The average molecular weight is 218 g/mol. The molecule has 0 radical (unpaired) electrons. The van der Waals surface area contributed by atoms with Crippen LogP contribution in [-0.2, 0) is 0 Å². The second kappa shape index (κ2) is 3.08. The van der Waals surface area contributed by atoms with Gasteiger partial charge in [-0.1, -0.05) is 11.3 Å². The quantitative estimate of drug-likeness (QED) is 0.737. The van der Waals surface area contributed by atoms with Crippen molar-refractivity contribution in [1.82, 2.24) is 15.2 Å². The van der Waals surface area contributed by atoms with Gasteiger partial charge in [0.25, 0.3) is 0 Å². The van der Waals surface area contributed by atoms with E-state index in [0.29, 0.717) is 4.47 Å². The highest BCUT2D eigenvalue weighted by atomic mass is 35.5. The average Bonchev–Trinajstić information content (AvgIpc) is 2.58. The predicted molar refractivity (Wildman–Crippen MR) is 50.8 cm³/mol. The molecule has 62 valence electrons. The van der Waals surface area contributed by atoms with E-state index in [4.69, 9.17) is 11.6 Å². The second-order valence-electron chi connectivity index (χ2n) is 2.11. The molecule has 12 heavy (non-hydrogen) atoms. The topological polar surface area (TPSA) is 38.7 Å². The molecule has 0 amide bonds. The van der Waals surface area contributed by atoms with Crippen LogP contribution >= 0.6 is 34.3 Å². The van der Waals surface area contributed by atoms with Gasteiger partial charge in [0.15, 0.2) is 5.01 Å². The van der Waals surface area contributed by atoms with Crippen LogP contribution in [-0.4, -0.2) is 15.2 Å². The van der Waals surface area contributed by atoms with Crippen molar-refractivity contribution in [3.05, 3.63) is 14.9 Å². The molecule has 0 fully saturated rings. The predicted octanol–water partition coefficient (Wildman–Crippen LogP) is 2.62. The molecule has 0 aromatic carbocycles. The van der Waals surface area contributed by atoms with Crippen molar-refractivity contribution in [2.45, 2.75) is 6.92 Å². The van der Waals surface area contributed by atoms with Crippen LogP contribution in [0.5, 0.6) is 0 Å². The Bertz CT molecular complexity index is 357. The maximum absolute atomic E-state index is 5.64. The van der Waals surface area contributed by atoms with Crippen molar-refractivity contribution >= 4 is 34.3 Å². The molecule has 0 aliphatic heterocycles. The molecule has 2 aromatic rings. The van der Waals surface area contributed by atoms with Gasteiger partial charge in [-0.05, 0) is 18.5 Å². The Morgan fingerprint density at radius 1 is 1.42 bits per heavy atom. The van der Waals surface area contributed by atoms with Crippen LogP contribution in [0.25, 0.3) is 10.7 Å². The van der Waals surface area contributed by atoms with Gasteiger partial charge in [0, 0.05) is 5.38 Å². The fourth-order valence-electron chi connectivity index (χ4n) is 0.770. The Morgan fingerprint density at radius 2 is 2.25 bits per heavy atom. The summed E-state index contributed by atoms with van der Waals surface area (Å²) in [5.41, 5.74) is 0.863. The zero-order valence-corrected chi connectivity index (χ0v) is 8.50. The largest absolute Gasteiger partial charge is 0.239 e. The first-order valence-electron chi connectivity index (χ1n) is 3.17. The van der Waals surface area contributed by atoms with Gasteiger partial charge in [-0.15, -0.1) is 21.5 Å². The SMILES string of the molecule is Cc1nc(-c2nnc(Cl)s2)cs1. The van der Waals surface area contributed by atoms with E-state index in [0.717, 1.165) is 15.7 Å². The fraction of sp³-hybridized carbons (Fsp3) is 0.167. The minimum Gasteiger partial charge on any atom is -0.239 e. The summed E-state index contributed by atoms with van der Waals surface area (Å²) in [6.07, 6.45) is 0. The summed E-state index contributed by atoms with van der Waals surface area (Å²) in [4.78, 5) is 4.26. The Kier molecular flexibility index (Phi) is 2.08. The van der Waals surface area contributed by atoms with Crippen LogP contribution in [0.4, 0.5) is 0 Å². The number of thiazole rings is 1. The highest BCUT2D eigenvalue weighted by molar-refractivity contribution is 7.18. The normalized spacial score (nSPS) is 10.5. The van der Waals surface area contributed by atoms with Gasteiger partial charge >= 0.3 is 0 Å². The Hall–Kier alpha value is -0.520. The zero-order valence-electron chi connectivity index (χ0n) is 6.11. The molecule has 0 unspecified atom stereocenters. The van der Waals surface area contributed by atoms with Crippen LogP contribution < -0.4 is 0 Å². The first-order chi connectivity index (χ1) is 5.75. The summed E-state index contributed by atoms with van der Waals surface area (Å²) in [7, 11) is 0. The molecular formula is C6H4ClN3S2. The van der Waals surface area contributed by atoms with Crippen molar-refractivity contribution in [2.24, 2.45) is 0 Å². The molecule has 0 N–H and O–H groups in total. The fourth-order valence-corrected chi connectivity index (χ4v) is 2.23. The Labute approximate surface area is 82.1 Å². The molecule has 0 bridgehead atoms. The first-order valence-corrected chi connectivity index (χ1v) is 5.24. The highest BCUT2D eigenvalue weighted by Gasteiger charge is 2.07. The van der Waals surface area contributed by atoms with Gasteiger partial charge in [-0.3, -0.25) is 0 Å². The van der Waals surface area contributed by atoms with Gasteiger partial charge in [0.05, 0.1) is 5.01 Å². The van der Waals surface area contributed by atoms with E-state index in [1.165, 1.54) is 11.3 Å². The van der Waals surface area contributed by atoms with Gasteiger partial charge in [0.2, 0.25) is 4.47 Å². The summed E-state index contributed by atoms with van der Waals surface area (Å²) in [6.45, 7) is 1.96. The summed E-state index contributed by atoms with van der Waals surface area (Å²) >= 11 is 8.57. The number of hydrogen-bond donors (Lipinski definition) is 0. The molecule has 0 aliphatic rings. The van der Waals surface area contributed by atoms with Crippen LogP contribution in [0.15, 0.2) is 5.38 Å². The number of hydrogen-bond acceptors (Lipinski definition) is 5. The maximum Gasteiger partial charge on any atom is 0.207 e. The first kappa shape index (κ1) is 8.10. The summed E-state index contributed by atoms with van der Waals surface area (Å²) in [5.74, 6) is 0. The molecule has 0 aliphatic carbocycles. The number of halogens is 1. The molecule has 0 spiro atoms. The monoisotopic (exact) mass is 217 g/mol. The van der Waals surface area contributed by atoms with E-state index in [-0.39, 0.29) is 0 Å². The minimum atomic E-state index is 0.454. The summed E-state index contributed by atoms with van der Waals surface area (Å²) in [5, 5.41) is 11.3. The van der Waals surface area contributed by atoms with Crippen molar-refractivity contribution in [3.63, 3.8) is 0 Å². The van der Waals surface area contributed by atoms with Gasteiger partial charge < -0.3 is 0 Å². The van der Waals surface area contributed by atoms with Gasteiger partial charge in [-0.2, -0.15) is 0 Å². The van der Waals surface area contributed by atoms with E-state index in [1.54, 1.807) is 11.3 Å². The van der Waals surface area contributed by atoms with E-state index in [9.17, 15) is 0 Å². The van der Waals surface area contributed by atoms with E-state index >= 15 is 0 Å². The van der Waals surface area contributed by atoms with E-state index in [1.807, 2.05) is 12.3 Å². The lowest BCUT2D eigenvalue weighted by Crippen LogP contribution is -1.76. The van der Waals surface area contributed by atoms with Crippen LogP contribution in [0.2, 0.25) is 4.47 Å². The van der Waals surface area contributed by atoms with Crippen LogP contribution in [0.3, 0.4) is 0 Å². The molecule has 0 atom stereocenters. The highest BCUT2D eigenvalue weighted by Crippen LogP contribution is 2.26. The number of nitrogens with zero attached hydrogens (tertiary/aromatic N) is 3. The molecule has 3 nitrogen and oxygen atoms in total. The van der Waals surface area contributed by atoms with Gasteiger partial charge in [0.1, 0.15) is 5.69 Å². The molecule has 6 heteroatoms. The smallest absolute Gasteiger partial charge is 0.207 e. The zero-order chi connectivity index (χ0) is 8.55. The van der Waals surface area contributed by atoms with Crippen molar-refractivity contribution in [2.75, 3.05) is 0 Å². The number of rotatable bonds is 1. The summed E-state index contributed by atoms with van der Waals surface area (Å²) < 4.78 is 0.454. The third-order valence-electron chi connectivity index (χ3n) is 1.24. The Morgan fingerprint density at radius 3 is 2.75 bits per heavy atom. The number of aromatic nitrogens is 3. The summed E-state index contributed by atoms with van der Waals surface area (Å²) in [6, 6.07) is 0. The van der Waals surface area contributed by atoms with Crippen molar-refractivity contribution in [1.29, 1.82) is 0 Å². The van der Waals surface area contributed by atoms with Crippen LogP contribution in [0.1, 0.15) is 5.01 Å². The third-order valence-corrected chi connectivity index (χ3v) is 3.05. The lowest BCUT2D eigenvalue weighted by Gasteiger charge is -1.82. The lowest BCUT2D eigenvalue weighted by molar-refractivity contribution is 1.09. The third kappa shape index (κ3) is 1.48. The number of aryl methyl sites for hydroxylation is 1. The van der Waals surface area contributed by atoms with Crippen molar-refractivity contribution < 1.29 is 0 Å². The van der Waals surface area contributed by atoms with Gasteiger partial charge in [-0.25, -0.2) is 4.98 Å². The Balaban J connectivity index is 2.43. The lowest BCUT2D eigenvalue weighted by atomic mass is 10.5. The molecule has 2 aromatic heterocycles. The second-order valence-corrected chi connectivity index (χ2v) is 4.73. The van der Waals surface area contributed by atoms with Crippen LogP contribution in [0, 0.1) is 6.92 Å². The minimum absolute atomic E-state index is 0.454. The van der Waals surface area contributed by atoms with Crippen molar-refractivity contribution in [3.8, 4) is 10.7 Å². The molecule has 2 rings (SSSR count). The molecule has 0 saturated heterocycles. The van der Waals surface area contributed by atoms with E-state index in [2.05, 4.69) is 15.2 Å². The van der Waals surface area contributed by atoms with E-state index < -0.39 is 0 Å². The maximum atomic E-state index is 5.64. The standard InChI is InChI=1S/C6H4ClN3S2/c1-3-8-4(2-11-3)5-9-10-6(7)12-5/h2H,1H3. The molecule has 0 saturated carbocycles. The molecule has 2 heterocycles. The molecular weight excluding hydrogens is 214 g/mol.